The summed E-state index contributed by atoms with van der Waals surface area (Å²) >= 11 is 0. The van der Waals surface area contributed by atoms with Gasteiger partial charge in [0.2, 0.25) is 0 Å². The molecule has 11 aromatic rings. The number of benzene rings is 8. The Balaban J connectivity index is 1.35. The third-order valence-corrected chi connectivity index (χ3v) is 16.5. The summed E-state index contributed by atoms with van der Waals surface area (Å²) in [4.78, 5) is 2.69. The van der Waals surface area contributed by atoms with Crippen molar-refractivity contribution in [3.63, 3.8) is 0 Å². The third kappa shape index (κ3) is 5.89. The molecule has 0 N–H and O–H groups in total. The van der Waals surface area contributed by atoms with Crippen LogP contribution in [0.5, 0.6) is 0 Å². The molecule has 0 bridgehead atoms. The monoisotopic (exact) mass is 912 g/mol. The maximum atomic E-state index is 2.75. The van der Waals surface area contributed by atoms with E-state index in [9.17, 15) is 0 Å². The fourth-order valence-electron chi connectivity index (χ4n) is 12.5. The molecule has 0 spiro atoms. The van der Waals surface area contributed by atoms with Gasteiger partial charge in [0, 0.05) is 49.2 Å². The normalized spacial score (nSPS) is 14.4. The van der Waals surface area contributed by atoms with Crippen LogP contribution in [0.4, 0.5) is 17.1 Å². The van der Waals surface area contributed by atoms with Crippen molar-refractivity contribution in [1.29, 1.82) is 0 Å². The predicted octanol–water partition coefficient (Wildman–Crippen LogP) is 16.2. The number of nitrogens with zero attached hydrogens (tertiary/aromatic N) is 3. The van der Waals surface area contributed by atoms with Crippen molar-refractivity contribution in [2.75, 3.05) is 4.90 Å². The summed E-state index contributed by atoms with van der Waals surface area (Å²) in [6, 6.07) is 51.0. The lowest BCUT2D eigenvalue weighted by Crippen LogP contribution is -2.60. The first kappa shape index (κ1) is 43.5. The number of hydrogen-bond acceptors (Lipinski definition) is 1. The fourth-order valence-corrected chi connectivity index (χ4v) is 12.5. The molecule has 4 heteroatoms. The average Bonchev–Trinajstić information content (AvgIpc) is 3.93. The molecule has 0 fully saturated rings. The van der Waals surface area contributed by atoms with Crippen LogP contribution in [0.15, 0.2) is 127 Å². The van der Waals surface area contributed by atoms with E-state index in [2.05, 4.69) is 245 Å². The van der Waals surface area contributed by atoms with E-state index in [1.807, 2.05) is 0 Å². The van der Waals surface area contributed by atoms with E-state index >= 15 is 0 Å². The van der Waals surface area contributed by atoms with Gasteiger partial charge in [-0.1, -0.05) is 171 Å². The molecular weight excluding hydrogens is 846 g/mol. The van der Waals surface area contributed by atoms with Gasteiger partial charge in [0.05, 0.1) is 33.4 Å². The zero-order chi connectivity index (χ0) is 49.1. The Morgan fingerprint density at radius 3 is 1.39 bits per heavy atom. The number of aromatic nitrogens is 2. The highest BCUT2D eigenvalue weighted by atomic mass is 15.2. The van der Waals surface area contributed by atoms with E-state index in [-0.39, 0.29) is 33.8 Å². The largest absolute Gasteiger partial charge is 0.311 e. The van der Waals surface area contributed by atoms with Gasteiger partial charge < -0.3 is 13.9 Å². The van der Waals surface area contributed by atoms with E-state index in [1.165, 1.54) is 138 Å². The summed E-state index contributed by atoms with van der Waals surface area (Å²) in [6.45, 7) is 35.3. The average molecular weight is 912 g/mol. The van der Waals surface area contributed by atoms with E-state index in [4.69, 9.17) is 0 Å². The van der Waals surface area contributed by atoms with E-state index < -0.39 is 0 Å². The van der Waals surface area contributed by atoms with Crippen LogP contribution in [0.25, 0.3) is 76.4 Å². The first-order chi connectivity index (χ1) is 32.9. The first-order valence-electron chi connectivity index (χ1n) is 25.8. The minimum Gasteiger partial charge on any atom is -0.311 e. The molecule has 0 unspecified atom stereocenters. The highest BCUT2D eigenvalue weighted by molar-refractivity contribution is 7.01. The summed E-state index contributed by atoms with van der Waals surface area (Å²) in [5, 5.41) is 10.5. The van der Waals surface area contributed by atoms with Gasteiger partial charge in [-0.05, 0) is 143 Å². The van der Waals surface area contributed by atoms with Crippen LogP contribution >= 0.6 is 0 Å². The molecule has 70 heavy (non-hydrogen) atoms. The molecule has 0 saturated heterocycles. The quantitative estimate of drug-likeness (QED) is 0.150. The highest BCUT2D eigenvalue weighted by Gasteiger charge is 2.46. The van der Waals surface area contributed by atoms with Crippen molar-refractivity contribution in [3.05, 3.63) is 155 Å². The van der Waals surface area contributed by atoms with Crippen LogP contribution in [-0.2, 0) is 27.1 Å². The molecule has 2 aliphatic rings. The Hall–Kier alpha value is -6.52. The van der Waals surface area contributed by atoms with Crippen LogP contribution < -0.4 is 21.3 Å². The number of hydrogen-bond donors (Lipinski definition) is 0. The zero-order valence-corrected chi connectivity index (χ0v) is 44.0. The molecule has 0 radical (unpaired) electrons. The van der Waals surface area contributed by atoms with Gasteiger partial charge in [-0.2, -0.15) is 0 Å². The topological polar surface area (TPSA) is 12.6 Å². The van der Waals surface area contributed by atoms with Gasteiger partial charge in [0.1, 0.15) is 0 Å². The summed E-state index contributed by atoms with van der Waals surface area (Å²) in [7, 11) is 0. The second-order valence-corrected chi connectivity index (χ2v) is 26.4. The maximum absolute atomic E-state index is 2.75. The highest BCUT2D eigenvalue weighted by Crippen LogP contribution is 2.53. The maximum Gasteiger partial charge on any atom is 0.252 e. The number of rotatable bonds is 1. The van der Waals surface area contributed by atoms with E-state index in [0.717, 1.165) is 0 Å². The second-order valence-electron chi connectivity index (χ2n) is 26.4. The van der Waals surface area contributed by atoms with Gasteiger partial charge >= 0.3 is 0 Å². The Kier molecular flexibility index (Phi) is 8.49. The van der Waals surface area contributed by atoms with Crippen LogP contribution in [0.3, 0.4) is 0 Å². The molecule has 0 amide bonds. The predicted molar refractivity (Wildman–Crippen MR) is 306 cm³/mol. The minimum atomic E-state index is -0.0807. The van der Waals surface area contributed by atoms with E-state index in [0.29, 0.717) is 0 Å². The van der Waals surface area contributed by atoms with Crippen LogP contribution in [0.2, 0.25) is 0 Å². The Morgan fingerprint density at radius 1 is 0.371 bits per heavy atom. The third-order valence-electron chi connectivity index (χ3n) is 16.5. The molecule has 2 aliphatic heterocycles. The summed E-state index contributed by atoms with van der Waals surface area (Å²) in [5.41, 5.74) is 22.3. The zero-order valence-electron chi connectivity index (χ0n) is 44.0. The van der Waals surface area contributed by atoms with Gasteiger partial charge in [-0.15, -0.1) is 0 Å². The molecule has 0 aliphatic carbocycles. The standard InChI is InChI=1S/C66H66BN3/c1-62(2,3)39-20-25-44(26-21-39)68-54-31-38-19-17-16-18-37(38)30-49(54)67-50-36-43(66(13,14)15)35-46-45-32-40(63(4,5)6)22-27-51(45)70(58(46)50)61-56-48-34-42(65(10,11)12)24-29-53(48)69-52-28-23-41(64(7,8)9)33-47(52)55(59(56)69)60(68)57(61)67/h16-36H,1-15H3. The molecule has 5 heterocycles. The van der Waals surface area contributed by atoms with Crippen LogP contribution in [-0.4, -0.2) is 15.7 Å². The first-order valence-corrected chi connectivity index (χ1v) is 25.8. The molecule has 3 aromatic heterocycles. The lowest BCUT2D eigenvalue weighted by molar-refractivity contribution is 0.590. The Bertz CT molecular complexity index is 4060. The van der Waals surface area contributed by atoms with Crippen LogP contribution in [0, 0.1) is 0 Å². The molecule has 348 valence electrons. The minimum absolute atomic E-state index is 0.0117. The SMILES string of the molecule is CC(C)(C)c1ccc(N2c3cc4ccccc4cc3B3c4c2c2c5cc(C(C)(C)C)ccc5n5c6ccc(C(C)(C)C)cc6c(c4-n4c6ccc(C(C)(C)C)cc6c6cc(C(C)(C)C)cc3c64)c25)cc1. The van der Waals surface area contributed by atoms with Crippen molar-refractivity contribution < 1.29 is 0 Å². The van der Waals surface area contributed by atoms with Crippen LogP contribution in [0.1, 0.15) is 132 Å². The summed E-state index contributed by atoms with van der Waals surface area (Å²) < 4.78 is 5.40. The van der Waals surface area contributed by atoms with E-state index in [1.54, 1.807) is 0 Å². The molecule has 8 aromatic carbocycles. The molecule has 13 rings (SSSR count). The summed E-state index contributed by atoms with van der Waals surface area (Å²) in [6.07, 6.45) is 0. The summed E-state index contributed by atoms with van der Waals surface area (Å²) in [5.74, 6) is 0. The number of fused-ring (bicyclic) bond motifs is 16. The van der Waals surface area contributed by atoms with Gasteiger partial charge in [-0.25, -0.2) is 0 Å². The van der Waals surface area contributed by atoms with Gasteiger partial charge in [0.15, 0.2) is 0 Å². The lowest BCUT2D eigenvalue weighted by atomic mass is 9.33. The molecule has 3 nitrogen and oxygen atoms in total. The van der Waals surface area contributed by atoms with Crippen molar-refractivity contribution >= 4 is 111 Å². The van der Waals surface area contributed by atoms with Gasteiger partial charge in [0.25, 0.3) is 6.71 Å². The Morgan fingerprint density at radius 2 is 0.843 bits per heavy atom. The number of anilines is 3. The smallest absolute Gasteiger partial charge is 0.252 e. The van der Waals surface area contributed by atoms with Crippen molar-refractivity contribution in [3.8, 4) is 5.69 Å². The van der Waals surface area contributed by atoms with Crippen molar-refractivity contribution in [2.24, 2.45) is 0 Å². The molecule has 0 atom stereocenters. The lowest BCUT2D eigenvalue weighted by Gasteiger charge is -2.42. The fraction of sp³-hybridized carbons (Fsp3) is 0.303. The van der Waals surface area contributed by atoms with Crippen molar-refractivity contribution in [2.45, 2.75) is 131 Å². The van der Waals surface area contributed by atoms with Crippen molar-refractivity contribution in [1.82, 2.24) is 8.97 Å². The second kappa shape index (κ2) is 13.7. The van der Waals surface area contributed by atoms with Gasteiger partial charge in [-0.3, -0.25) is 0 Å². The molecule has 0 saturated carbocycles. The Labute approximate surface area is 414 Å². The molecular formula is C66H66BN3.